The lowest BCUT2D eigenvalue weighted by Crippen LogP contribution is -2.30. The zero-order valence-corrected chi connectivity index (χ0v) is 26.8. The van der Waals surface area contributed by atoms with E-state index >= 15 is 0 Å². The molecular formula is C32H50O12. The monoisotopic (exact) mass is 626 g/mol. The van der Waals surface area contributed by atoms with Gasteiger partial charge >= 0.3 is 35.8 Å². The predicted octanol–water partition coefficient (Wildman–Crippen LogP) is 4.57. The van der Waals surface area contributed by atoms with Crippen LogP contribution in [0.2, 0.25) is 0 Å². The fourth-order valence-corrected chi connectivity index (χ4v) is 3.38. The van der Waals surface area contributed by atoms with Gasteiger partial charge in [0.2, 0.25) is 0 Å². The molecular weight excluding hydrogens is 576 g/mol. The van der Waals surface area contributed by atoms with Crippen molar-refractivity contribution in [2.45, 2.75) is 91.9 Å². The standard InChI is InChI=1S/C32H50O12/c1-7-11-15-39-27(33)21-25(23(5)29(35)41-17-13-9-3)31(37)43-19-20-44-32(38)26(22-28(34)40-16-12-8-2)24(6)30(36)42-18-14-10-4/h25-26H,5-22H2,1-4H3. The van der Waals surface area contributed by atoms with Gasteiger partial charge in [-0.25, -0.2) is 9.59 Å². The quantitative estimate of drug-likeness (QED) is 0.0602. The molecule has 0 saturated heterocycles. The highest BCUT2D eigenvalue weighted by molar-refractivity contribution is 5.97. The first-order valence-electron chi connectivity index (χ1n) is 15.4. The van der Waals surface area contributed by atoms with E-state index in [0.717, 1.165) is 25.7 Å². The van der Waals surface area contributed by atoms with Crippen molar-refractivity contribution in [1.82, 2.24) is 0 Å². The molecule has 0 bridgehead atoms. The van der Waals surface area contributed by atoms with E-state index in [9.17, 15) is 28.8 Å². The molecule has 0 amide bonds. The first-order chi connectivity index (χ1) is 21.0. The number of hydrogen-bond donors (Lipinski definition) is 0. The summed E-state index contributed by atoms with van der Waals surface area (Å²) in [6.45, 7) is 14.6. The Morgan fingerprint density at radius 2 is 0.750 bits per heavy atom. The molecule has 0 aliphatic heterocycles. The summed E-state index contributed by atoms with van der Waals surface area (Å²) in [5, 5.41) is 0. The molecule has 0 N–H and O–H groups in total. The molecule has 0 spiro atoms. The Bertz CT molecular complexity index is 879. The van der Waals surface area contributed by atoms with Crippen LogP contribution in [-0.2, 0) is 57.2 Å². The molecule has 0 fully saturated rings. The van der Waals surface area contributed by atoms with Gasteiger partial charge in [-0.15, -0.1) is 0 Å². The Morgan fingerprint density at radius 3 is 1.05 bits per heavy atom. The lowest BCUT2D eigenvalue weighted by Gasteiger charge is -2.19. The van der Waals surface area contributed by atoms with Gasteiger partial charge in [-0.1, -0.05) is 66.5 Å². The third-order valence-electron chi connectivity index (χ3n) is 6.23. The molecule has 44 heavy (non-hydrogen) atoms. The van der Waals surface area contributed by atoms with Crippen LogP contribution < -0.4 is 0 Å². The maximum Gasteiger partial charge on any atom is 0.334 e. The molecule has 0 saturated carbocycles. The fourth-order valence-electron chi connectivity index (χ4n) is 3.38. The number of rotatable bonds is 25. The molecule has 2 unspecified atom stereocenters. The Balaban J connectivity index is 5.35. The highest BCUT2D eigenvalue weighted by Crippen LogP contribution is 2.21. The predicted molar refractivity (Wildman–Crippen MR) is 160 cm³/mol. The van der Waals surface area contributed by atoms with Gasteiger partial charge in [0.25, 0.3) is 0 Å². The Morgan fingerprint density at radius 1 is 0.455 bits per heavy atom. The Kier molecular flexibility index (Phi) is 22.6. The molecule has 2 atom stereocenters. The maximum absolute atomic E-state index is 12.9. The average molecular weight is 627 g/mol. The highest BCUT2D eigenvalue weighted by Gasteiger charge is 2.33. The van der Waals surface area contributed by atoms with Crippen molar-refractivity contribution in [3.8, 4) is 0 Å². The van der Waals surface area contributed by atoms with Crippen LogP contribution in [0.15, 0.2) is 24.3 Å². The third-order valence-corrected chi connectivity index (χ3v) is 6.23. The minimum absolute atomic E-state index is 0.123. The number of esters is 6. The van der Waals surface area contributed by atoms with Gasteiger partial charge in [0, 0.05) is 11.1 Å². The van der Waals surface area contributed by atoms with Crippen molar-refractivity contribution in [2.75, 3.05) is 39.6 Å². The van der Waals surface area contributed by atoms with Gasteiger partial charge in [-0.05, 0) is 25.7 Å². The molecule has 12 nitrogen and oxygen atoms in total. The summed E-state index contributed by atoms with van der Waals surface area (Å²) in [7, 11) is 0. The van der Waals surface area contributed by atoms with Crippen LogP contribution >= 0.6 is 0 Å². The van der Waals surface area contributed by atoms with Crippen LogP contribution in [0.25, 0.3) is 0 Å². The normalized spacial score (nSPS) is 11.8. The van der Waals surface area contributed by atoms with Gasteiger partial charge < -0.3 is 28.4 Å². The minimum atomic E-state index is -1.38. The lowest BCUT2D eigenvalue weighted by molar-refractivity contribution is -0.161. The van der Waals surface area contributed by atoms with E-state index in [1.807, 2.05) is 27.7 Å². The zero-order chi connectivity index (χ0) is 33.3. The van der Waals surface area contributed by atoms with E-state index in [1.54, 1.807) is 0 Å². The fraction of sp³-hybridized carbons (Fsp3) is 0.688. The first kappa shape index (κ1) is 40.3. The topological polar surface area (TPSA) is 158 Å². The third kappa shape index (κ3) is 17.4. The molecule has 0 aromatic rings. The largest absolute Gasteiger partial charge is 0.466 e. The number of carbonyl (C=O) groups excluding carboxylic acids is 6. The maximum atomic E-state index is 12.9. The molecule has 0 rings (SSSR count). The van der Waals surface area contributed by atoms with Gasteiger partial charge in [0.15, 0.2) is 0 Å². The van der Waals surface area contributed by atoms with Crippen LogP contribution in [0.1, 0.15) is 91.9 Å². The van der Waals surface area contributed by atoms with Gasteiger partial charge in [0.05, 0.1) is 51.1 Å². The molecule has 0 heterocycles. The van der Waals surface area contributed by atoms with E-state index in [-0.39, 0.29) is 37.6 Å². The summed E-state index contributed by atoms with van der Waals surface area (Å²) >= 11 is 0. The SMILES string of the molecule is C=C(C(=O)OCCCC)C(CC(=O)OCCCC)C(=O)OCCOC(=O)C(CC(=O)OCCCC)C(=C)C(=O)OCCCC. The van der Waals surface area contributed by atoms with Crippen molar-refractivity contribution in [3.05, 3.63) is 24.3 Å². The van der Waals surface area contributed by atoms with Gasteiger partial charge in [-0.2, -0.15) is 0 Å². The number of unbranched alkanes of at least 4 members (excludes halogenated alkanes) is 4. The second kappa shape index (κ2) is 24.7. The Hall–Kier alpha value is -3.70. The Labute approximate surface area is 260 Å². The summed E-state index contributed by atoms with van der Waals surface area (Å²) in [4.78, 5) is 75.3. The van der Waals surface area contributed by atoms with Gasteiger partial charge in [-0.3, -0.25) is 19.2 Å². The first-order valence-corrected chi connectivity index (χ1v) is 15.4. The number of hydrogen-bond acceptors (Lipinski definition) is 12. The number of ether oxygens (including phenoxy) is 6. The zero-order valence-electron chi connectivity index (χ0n) is 26.8. The number of carbonyl (C=O) groups is 6. The van der Waals surface area contributed by atoms with Crippen LogP contribution in [0, 0.1) is 11.8 Å². The van der Waals surface area contributed by atoms with Crippen molar-refractivity contribution in [2.24, 2.45) is 11.8 Å². The molecule has 0 aliphatic carbocycles. The van der Waals surface area contributed by atoms with Crippen molar-refractivity contribution < 1.29 is 57.2 Å². The van der Waals surface area contributed by atoms with E-state index in [4.69, 9.17) is 28.4 Å². The molecule has 0 aromatic heterocycles. The minimum Gasteiger partial charge on any atom is -0.466 e. The molecule has 250 valence electrons. The van der Waals surface area contributed by atoms with Crippen LogP contribution in [0.5, 0.6) is 0 Å². The highest BCUT2D eigenvalue weighted by atomic mass is 16.6. The average Bonchev–Trinajstić information content (AvgIpc) is 3.00. The second-order valence-electron chi connectivity index (χ2n) is 10.0. The van der Waals surface area contributed by atoms with E-state index in [0.29, 0.717) is 25.7 Å². The van der Waals surface area contributed by atoms with E-state index in [1.165, 1.54) is 0 Å². The molecule has 0 aliphatic rings. The van der Waals surface area contributed by atoms with Crippen LogP contribution in [0.4, 0.5) is 0 Å². The summed E-state index contributed by atoms with van der Waals surface area (Å²) in [6, 6.07) is 0. The smallest absolute Gasteiger partial charge is 0.334 e. The van der Waals surface area contributed by atoms with E-state index < -0.39 is 73.7 Å². The summed E-state index contributed by atoms with van der Waals surface area (Å²) in [6.07, 6.45) is 4.64. The summed E-state index contributed by atoms with van der Waals surface area (Å²) < 4.78 is 30.8. The van der Waals surface area contributed by atoms with Crippen molar-refractivity contribution in [1.29, 1.82) is 0 Å². The second-order valence-corrected chi connectivity index (χ2v) is 10.0. The lowest BCUT2D eigenvalue weighted by atomic mass is 9.97. The van der Waals surface area contributed by atoms with Gasteiger partial charge in [0.1, 0.15) is 13.2 Å². The summed E-state index contributed by atoms with van der Waals surface area (Å²) in [5.74, 6) is -7.80. The molecule has 0 aromatic carbocycles. The molecule has 0 radical (unpaired) electrons. The van der Waals surface area contributed by atoms with Crippen molar-refractivity contribution in [3.63, 3.8) is 0 Å². The van der Waals surface area contributed by atoms with Crippen LogP contribution in [-0.4, -0.2) is 75.5 Å². The van der Waals surface area contributed by atoms with E-state index in [2.05, 4.69) is 13.2 Å². The molecule has 12 heteroatoms. The van der Waals surface area contributed by atoms with Crippen molar-refractivity contribution >= 4 is 35.8 Å². The summed E-state index contributed by atoms with van der Waals surface area (Å²) in [5.41, 5.74) is -0.537. The van der Waals surface area contributed by atoms with Crippen LogP contribution in [0.3, 0.4) is 0 Å².